The summed E-state index contributed by atoms with van der Waals surface area (Å²) in [6.45, 7) is 3.37. The van der Waals surface area contributed by atoms with Gasteiger partial charge in [0.15, 0.2) is 0 Å². The van der Waals surface area contributed by atoms with Crippen LogP contribution in [0.15, 0.2) is 48.9 Å². The van der Waals surface area contributed by atoms with E-state index in [-0.39, 0.29) is 18.0 Å². The Bertz CT molecular complexity index is 1280. The van der Waals surface area contributed by atoms with Gasteiger partial charge in [0.2, 0.25) is 17.8 Å². The minimum atomic E-state index is -0.168. The summed E-state index contributed by atoms with van der Waals surface area (Å²) in [4.78, 5) is 33.0. The maximum absolute atomic E-state index is 11.4. The molecule has 1 aliphatic heterocycles. The molecule has 1 aliphatic rings. The van der Waals surface area contributed by atoms with Crippen LogP contribution >= 0.6 is 11.3 Å². The van der Waals surface area contributed by atoms with Crippen molar-refractivity contribution in [2.24, 2.45) is 0 Å². The maximum atomic E-state index is 11.4. The first-order valence-corrected chi connectivity index (χ1v) is 11.0. The number of amides is 1. The maximum Gasteiger partial charge on any atom is 0.226 e. The molecule has 0 radical (unpaired) electrons. The van der Waals surface area contributed by atoms with Gasteiger partial charge in [0, 0.05) is 53.6 Å². The monoisotopic (exact) mass is 447 g/mol. The molecule has 3 N–H and O–H groups in total. The van der Waals surface area contributed by atoms with Gasteiger partial charge >= 0.3 is 0 Å². The third-order valence-corrected chi connectivity index (χ3v) is 6.23. The number of thiophene rings is 1. The number of nitrogens with zero attached hydrogens (tertiary/aromatic N) is 5. The van der Waals surface area contributed by atoms with Crippen LogP contribution in [0.4, 0.5) is 17.6 Å². The molecular weight excluding hydrogens is 426 g/mol. The Labute approximate surface area is 188 Å². The van der Waals surface area contributed by atoms with E-state index in [9.17, 15) is 4.79 Å². The fourth-order valence-corrected chi connectivity index (χ4v) is 4.61. The summed E-state index contributed by atoms with van der Waals surface area (Å²) in [5, 5.41) is 3.81. The molecule has 4 heterocycles. The van der Waals surface area contributed by atoms with Crippen molar-refractivity contribution in [1.82, 2.24) is 19.9 Å². The van der Waals surface area contributed by atoms with Crippen LogP contribution in [-0.2, 0) is 9.53 Å². The van der Waals surface area contributed by atoms with Crippen LogP contribution in [-0.4, -0.2) is 45.5 Å². The van der Waals surface area contributed by atoms with E-state index in [1.165, 1.54) is 6.92 Å². The average molecular weight is 448 g/mol. The largest absolute Gasteiger partial charge is 0.370 e. The molecule has 1 aromatic carbocycles. The fourth-order valence-electron chi connectivity index (χ4n) is 3.62. The molecule has 5 rings (SSSR count). The lowest BCUT2D eigenvalue weighted by molar-refractivity contribution is -0.114. The van der Waals surface area contributed by atoms with Crippen molar-refractivity contribution in [3.63, 3.8) is 0 Å². The van der Waals surface area contributed by atoms with Crippen LogP contribution in [0.3, 0.4) is 0 Å². The van der Waals surface area contributed by atoms with Gasteiger partial charge in [-0.2, -0.15) is 0 Å². The summed E-state index contributed by atoms with van der Waals surface area (Å²) in [5.74, 6) is 0.817. The van der Waals surface area contributed by atoms with Crippen LogP contribution in [0.1, 0.15) is 18.6 Å². The number of carbonyl (C=O) groups is 1. The quantitative estimate of drug-likeness (QED) is 0.489. The number of nitrogen functional groups attached to an aromatic ring is 1. The smallest absolute Gasteiger partial charge is 0.226 e. The Morgan fingerprint density at radius 3 is 2.88 bits per heavy atom. The molecule has 9 nitrogen and oxygen atoms in total. The Hall–Kier alpha value is -3.63. The van der Waals surface area contributed by atoms with Crippen molar-refractivity contribution in [1.29, 1.82) is 0 Å². The average Bonchev–Trinajstić information content (AvgIpc) is 3.23. The van der Waals surface area contributed by atoms with E-state index >= 15 is 0 Å². The number of fused-ring (bicyclic) bond motifs is 1. The van der Waals surface area contributed by atoms with Gasteiger partial charge in [-0.15, -0.1) is 11.3 Å². The van der Waals surface area contributed by atoms with E-state index in [0.717, 1.165) is 31.9 Å². The van der Waals surface area contributed by atoms with Crippen molar-refractivity contribution in [2.75, 3.05) is 35.6 Å². The number of carbonyl (C=O) groups excluding carboxylic acids is 1. The summed E-state index contributed by atoms with van der Waals surface area (Å²) in [7, 11) is 0. The van der Waals surface area contributed by atoms with Crippen LogP contribution in [0.2, 0.25) is 0 Å². The Kier molecular flexibility index (Phi) is 5.38. The summed E-state index contributed by atoms with van der Waals surface area (Å²) < 4.78 is 5.90. The number of rotatable bonds is 4. The predicted octanol–water partition coefficient (Wildman–Crippen LogP) is 3.27. The zero-order chi connectivity index (χ0) is 22.1. The minimum absolute atomic E-state index is 0.0941. The first-order chi connectivity index (χ1) is 15.5. The van der Waals surface area contributed by atoms with Gasteiger partial charge in [-0.1, -0.05) is 12.1 Å². The molecule has 0 saturated carbocycles. The third-order valence-electron chi connectivity index (χ3n) is 5.14. The molecule has 1 saturated heterocycles. The second kappa shape index (κ2) is 8.48. The number of morpholine rings is 1. The summed E-state index contributed by atoms with van der Waals surface area (Å²) >= 11 is 1.60. The molecule has 10 heteroatoms. The molecule has 1 fully saturated rings. The normalized spacial score (nSPS) is 16.3. The van der Waals surface area contributed by atoms with Crippen LogP contribution in [0, 0.1) is 0 Å². The molecule has 162 valence electrons. The lowest BCUT2D eigenvalue weighted by Gasteiger charge is -2.32. The molecule has 0 bridgehead atoms. The number of hydrogen-bond acceptors (Lipinski definition) is 9. The topological polar surface area (TPSA) is 119 Å². The van der Waals surface area contributed by atoms with Crippen molar-refractivity contribution in [3.05, 3.63) is 54.5 Å². The highest BCUT2D eigenvalue weighted by molar-refractivity contribution is 7.21. The number of ether oxygens (including phenoxy) is 1. The molecule has 1 unspecified atom stereocenters. The zero-order valence-corrected chi connectivity index (χ0v) is 18.2. The van der Waals surface area contributed by atoms with Gasteiger partial charge in [-0.3, -0.25) is 4.79 Å². The zero-order valence-electron chi connectivity index (χ0n) is 17.4. The molecule has 0 spiro atoms. The second-order valence-electron chi connectivity index (χ2n) is 7.48. The molecule has 4 aromatic rings. The Morgan fingerprint density at radius 1 is 1.22 bits per heavy atom. The Morgan fingerprint density at radius 2 is 2.06 bits per heavy atom. The van der Waals surface area contributed by atoms with Crippen molar-refractivity contribution in [3.8, 4) is 10.4 Å². The lowest BCUT2D eigenvalue weighted by atomic mass is 10.1. The second-order valence-corrected chi connectivity index (χ2v) is 8.51. The molecule has 0 aliphatic carbocycles. The molecule has 1 amide bonds. The van der Waals surface area contributed by atoms with Crippen LogP contribution in [0.25, 0.3) is 20.7 Å². The van der Waals surface area contributed by atoms with Gasteiger partial charge in [0.05, 0.1) is 13.2 Å². The van der Waals surface area contributed by atoms with E-state index in [4.69, 9.17) is 15.5 Å². The first kappa shape index (κ1) is 20.3. The van der Waals surface area contributed by atoms with E-state index in [2.05, 4.69) is 31.2 Å². The van der Waals surface area contributed by atoms with Gasteiger partial charge in [-0.25, -0.2) is 19.9 Å². The van der Waals surface area contributed by atoms with Gasteiger partial charge in [0.1, 0.15) is 10.9 Å². The third kappa shape index (κ3) is 4.23. The van der Waals surface area contributed by atoms with E-state index in [0.29, 0.717) is 25.6 Å². The number of nitrogens with one attached hydrogen (secondary N) is 1. The number of benzene rings is 1. The number of aromatic nitrogens is 4. The highest BCUT2D eigenvalue weighted by Crippen LogP contribution is 2.34. The standard InChI is InChI=1S/C22H21N7O2S/c1-13(30)27-17-4-2-3-14(7-17)19-8-15-9-26-22(28-20(15)32-19)29-5-6-31-18(12-29)16-10-24-21(23)25-11-16/h2-4,7-11,18H,5-6,12H2,1H3,(H,27,30)(H2,23,24,25). The number of hydrogen-bond donors (Lipinski definition) is 2. The Balaban J connectivity index is 1.39. The molecular formula is C22H21N7O2S. The van der Waals surface area contributed by atoms with E-state index in [1.807, 2.05) is 30.5 Å². The van der Waals surface area contributed by atoms with E-state index < -0.39 is 0 Å². The lowest BCUT2D eigenvalue weighted by Crippen LogP contribution is -2.39. The summed E-state index contributed by atoms with van der Waals surface area (Å²) in [6.07, 6.45) is 5.08. The van der Waals surface area contributed by atoms with Gasteiger partial charge < -0.3 is 20.7 Å². The first-order valence-electron chi connectivity index (χ1n) is 10.1. The summed E-state index contributed by atoms with van der Waals surface area (Å²) in [6, 6.07) is 9.85. The number of anilines is 3. The highest BCUT2D eigenvalue weighted by atomic mass is 32.1. The highest BCUT2D eigenvalue weighted by Gasteiger charge is 2.24. The van der Waals surface area contributed by atoms with Crippen molar-refractivity contribution in [2.45, 2.75) is 13.0 Å². The van der Waals surface area contributed by atoms with Crippen LogP contribution < -0.4 is 16.0 Å². The SMILES string of the molecule is CC(=O)Nc1cccc(-c2cc3cnc(N4CCOC(c5cnc(N)nc5)C4)nc3s2)c1. The summed E-state index contributed by atoms with van der Waals surface area (Å²) in [5.41, 5.74) is 8.26. The molecule has 3 aromatic heterocycles. The minimum Gasteiger partial charge on any atom is -0.370 e. The van der Waals surface area contributed by atoms with E-state index in [1.54, 1.807) is 23.7 Å². The van der Waals surface area contributed by atoms with Gasteiger partial charge in [0.25, 0.3) is 0 Å². The fraction of sp³-hybridized carbons (Fsp3) is 0.227. The predicted molar refractivity (Wildman–Crippen MR) is 125 cm³/mol. The molecule has 32 heavy (non-hydrogen) atoms. The van der Waals surface area contributed by atoms with Crippen LogP contribution in [0.5, 0.6) is 0 Å². The molecule has 1 atom stereocenters. The number of nitrogens with two attached hydrogens (primary N) is 1. The van der Waals surface area contributed by atoms with Gasteiger partial charge in [-0.05, 0) is 23.8 Å². The van der Waals surface area contributed by atoms with Crippen molar-refractivity contribution >= 4 is 45.0 Å². The van der Waals surface area contributed by atoms with Crippen molar-refractivity contribution < 1.29 is 9.53 Å².